The van der Waals surface area contributed by atoms with Crippen LogP contribution in [0.4, 0.5) is 0 Å². The highest BCUT2D eigenvalue weighted by atomic mass is 15.1. The van der Waals surface area contributed by atoms with Crippen molar-refractivity contribution in [2.45, 2.75) is 0 Å². The molecule has 0 atom stereocenters. The van der Waals surface area contributed by atoms with Crippen molar-refractivity contribution in [3.63, 3.8) is 0 Å². The van der Waals surface area contributed by atoms with Gasteiger partial charge in [0.2, 0.25) is 0 Å². The summed E-state index contributed by atoms with van der Waals surface area (Å²) in [4.78, 5) is 18.9. The molecule has 0 aliphatic rings. The van der Waals surface area contributed by atoms with Crippen LogP contribution in [0.25, 0.3) is 73.0 Å². The Bertz CT molecular complexity index is 2740. The molecule has 5 aromatic carbocycles. The Hall–Kier alpha value is -5.94. The minimum Gasteiger partial charge on any atom is -0.294 e. The summed E-state index contributed by atoms with van der Waals surface area (Å²) < 4.78 is 95.6. The van der Waals surface area contributed by atoms with E-state index in [0.29, 0.717) is 28.7 Å². The van der Waals surface area contributed by atoms with Crippen LogP contribution in [0.1, 0.15) is 15.1 Å². The molecule has 0 unspecified atom stereocenters. The zero-order valence-corrected chi connectivity index (χ0v) is 22.3. The summed E-state index contributed by atoms with van der Waals surface area (Å²) in [6.07, 6.45) is 0. The van der Waals surface area contributed by atoms with Crippen molar-refractivity contribution < 1.29 is 15.1 Å². The van der Waals surface area contributed by atoms with Crippen LogP contribution < -0.4 is 0 Å². The van der Waals surface area contributed by atoms with E-state index in [1.54, 1.807) is 24.3 Å². The fourth-order valence-electron chi connectivity index (χ4n) is 4.90. The van der Waals surface area contributed by atoms with Crippen molar-refractivity contribution in [1.82, 2.24) is 24.5 Å². The zero-order chi connectivity index (χ0) is 38.2. The van der Waals surface area contributed by atoms with Crippen LogP contribution in [0.15, 0.2) is 151 Å². The molecule has 8 rings (SSSR count). The second-order valence-electron chi connectivity index (χ2n) is 9.55. The molecule has 5 heteroatoms. The summed E-state index contributed by atoms with van der Waals surface area (Å²) in [6, 6.07) is 19.6. The van der Waals surface area contributed by atoms with E-state index in [9.17, 15) is 0 Å². The lowest BCUT2D eigenvalue weighted by Crippen LogP contribution is -2.00. The van der Waals surface area contributed by atoms with Crippen molar-refractivity contribution >= 4 is 21.9 Å². The normalized spacial score (nSPS) is 14.8. The van der Waals surface area contributed by atoms with Crippen molar-refractivity contribution in [1.29, 1.82) is 0 Å². The highest BCUT2D eigenvalue weighted by Crippen LogP contribution is 2.33. The third kappa shape index (κ3) is 4.53. The van der Waals surface area contributed by atoms with Gasteiger partial charge in [0.1, 0.15) is 5.65 Å². The Morgan fingerprint density at radius 3 is 1.63 bits per heavy atom. The Balaban J connectivity index is 1.39. The lowest BCUT2D eigenvalue weighted by Gasteiger charge is -2.11. The molecule has 0 aliphatic heterocycles. The van der Waals surface area contributed by atoms with Crippen molar-refractivity contribution in [3.05, 3.63) is 151 Å². The van der Waals surface area contributed by atoms with Gasteiger partial charge < -0.3 is 0 Å². The first-order valence-corrected chi connectivity index (χ1v) is 13.4. The molecule has 3 aromatic heterocycles. The minimum absolute atomic E-state index is 0.0137. The molecule has 5 nitrogen and oxygen atoms in total. The fraction of sp³-hybridized carbons (Fsp3) is 0. The number of benzene rings is 5. The molecule has 0 fully saturated rings. The molecule has 0 amide bonds. The zero-order valence-electron chi connectivity index (χ0n) is 33.3. The maximum Gasteiger partial charge on any atom is 0.164 e. The van der Waals surface area contributed by atoms with Gasteiger partial charge in [-0.05, 0) is 42.4 Å². The molecule has 0 saturated carbocycles. The highest BCUT2D eigenvalue weighted by molar-refractivity contribution is 6.08. The molecule has 43 heavy (non-hydrogen) atoms. The second kappa shape index (κ2) is 10.5. The molecule has 0 saturated heterocycles. The van der Waals surface area contributed by atoms with E-state index in [2.05, 4.69) is 4.98 Å². The van der Waals surface area contributed by atoms with Crippen molar-refractivity contribution in [2.75, 3.05) is 0 Å². The summed E-state index contributed by atoms with van der Waals surface area (Å²) >= 11 is 0. The molecule has 0 radical (unpaired) electrons. The molecular weight excluding hydrogens is 526 g/mol. The van der Waals surface area contributed by atoms with Gasteiger partial charge in [-0.3, -0.25) is 4.57 Å². The molecule has 8 aromatic rings. The number of hydrogen-bond donors (Lipinski definition) is 0. The first-order valence-electron chi connectivity index (χ1n) is 18.9. The van der Waals surface area contributed by atoms with Gasteiger partial charge in [0.25, 0.3) is 0 Å². The first-order chi connectivity index (χ1) is 25.9. The molecule has 0 spiro atoms. The monoisotopic (exact) mass is 562 g/mol. The van der Waals surface area contributed by atoms with Gasteiger partial charge in [0, 0.05) is 38.7 Å². The van der Waals surface area contributed by atoms with Crippen LogP contribution in [0.2, 0.25) is 0 Å². The molecule has 3 heterocycles. The number of hydrogen-bond acceptors (Lipinski definition) is 4. The maximum absolute atomic E-state index is 9.08. The second-order valence-corrected chi connectivity index (χ2v) is 9.55. The predicted octanol–water partition coefficient (Wildman–Crippen LogP) is 9.03. The van der Waals surface area contributed by atoms with Crippen LogP contribution >= 0.6 is 0 Å². The number of fused-ring (bicyclic) bond motifs is 3. The van der Waals surface area contributed by atoms with Gasteiger partial charge in [-0.15, -0.1) is 0 Å². The standard InChI is InChI=1S/C38H25N5/c1-4-12-26(13-5-1)33-25-24-32-31-18-10-11-19-34(31)43(38(32)39-33)30-22-20-29(21-23-30)37-41-35(27-14-6-2-7-15-27)40-36(42-37)28-16-8-3-9-17-28/h1-25H/i1D,4D,5D,10D,11D,12D,13D,18D,19D,24D,25D. The largest absolute Gasteiger partial charge is 0.294 e. The van der Waals surface area contributed by atoms with Crippen LogP contribution in [-0.4, -0.2) is 24.5 Å². The van der Waals surface area contributed by atoms with Crippen molar-refractivity contribution in [3.8, 4) is 51.1 Å². The van der Waals surface area contributed by atoms with Gasteiger partial charge in [-0.2, -0.15) is 0 Å². The average Bonchev–Trinajstić information content (AvgIpc) is 3.55. The highest BCUT2D eigenvalue weighted by Gasteiger charge is 2.16. The van der Waals surface area contributed by atoms with E-state index in [4.69, 9.17) is 30.0 Å². The van der Waals surface area contributed by atoms with Gasteiger partial charge in [0.15, 0.2) is 17.5 Å². The topological polar surface area (TPSA) is 56.5 Å². The lowest BCUT2D eigenvalue weighted by atomic mass is 10.1. The molecule has 0 bridgehead atoms. The SMILES string of the molecule is [2H]c1c([2H])c([2H])c(-c2nc3c(c([2H])c2[2H])c2c([2H])c([2H])c([2H])c([2H])c2n3-c2ccc(-c3nc(-c4ccccc4)nc(-c4ccccc4)n3)cc2)c([2H])c1[2H]. The molecule has 0 N–H and O–H groups in total. The average molecular weight is 563 g/mol. The Morgan fingerprint density at radius 2 is 1.00 bits per heavy atom. The first kappa shape index (κ1) is 15.9. The van der Waals surface area contributed by atoms with Gasteiger partial charge in [0.05, 0.1) is 26.3 Å². The number of pyridine rings is 1. The van der Waals surface area contributed by atoms with E-state index in [-0.39, 0.29) is 33.2 Å². The van der Waals surface area contributed by atoms with Gasteiger partial charge in [-0.25, -0.2) is 19.9 Å². The summed E-state index contributed by atoms with van der Waals surface area (Å²) in [6.45, 7) is 0. The number of rotatable bonds is 5. The third-order valence-corrected chi connectivity index (χ3v) is 6.92. The maximum atomic E-state index is 9.08. The van der Waals surface area contributed by atoms with Crippen LogP contribution in [0, 0.1) is 0 Å². The van der Waals surface area contributed by atoms with E-state index < -0.39 is 66.5 Å². The van der Waals surface area contributed by atoms with E-state index >= 15 is 0 Å². The summed E-state index contributed by atoms with van der Waals surface area (Å²) in [7, 11) is 0. The van der Waals surface area contributed by atoms with E-state index in [1.165, 1.54) is 4.57 Å². The number of nitrogens with zero attached hydrogens (tertiary/aromatic N) is 5. The van der Waals surface area contributed by atoms with Gasteiger partial charge in [-0.1, -0.05) is 109 Å². The third-order valence-electron chi connectivity index (χ3n) is 6.92. The van der Waals surface area contributed by atoms with Gasteiger partial charge >= 0.3 is 0 Å². The van der Waals surface area contributed by atoms with Crippen LogP contribution in [0.5, 0.6) is 0 Å². The summed E-state index contributed by atoms with van der Waals surface area (Å²) in [5.74, 6) is 1.29. The summed E-state index contributed by atoms with van der Waals surface area (Å²) in [5, 5.41) is -0.101. The quantitative estimate of drug-likeness (QED) is 0.210. The minimum atomic E-state index is -0.640. The molecule has 0 aliphatic carbocycles. The van der Waals surface area contributed by atoms with E-state index in [0.717, 1.165) is 11.1 Å². The van der Waals surface area contributed by atoms with Crippen molar-refractivity contribution in [2.24, 2.45) is 0 Å². The van der Waals surface area contributed by atoms with E-state index in [1.807, 2.05) is 60.7 Å². The molecular formula is C38H25N5. The smallest absolute Gasteiger partial charge is 0.164 e. The number of aromatic nitrogens is 5. The predicted molar refractivity (Wildman–Crippen MR) is 174 cm³/mol. The van der Waals surface area contributed by atoms with Crippen LogP contribution in [0.3, 0.4) is 0 Å². The molecule has 202 valence electrons. The fourth-order valence-corrected chi connectivity index (χ4v) is 4.90. The summed E-state index contributed by atoms with van der Waals surface area (Å²) in [5.41, 5.74) is 1.71. The lowest BCUT2D eigenvalue weighted by molar-refractivity contribution is 1.07. The number of para-hydroxylation sites is 1. The Kier molecular flexibility index (Phi) is 3.87. The Morgan fingerprint density at radius 1 is 0.442 bits per heavy atom. The Labute approximate surface area is 264 Å². The van der Waals surface area contributed by atoms with Crippen LogP contribution in [-0.2, 0) is 0 Å².